The third kappa shape index (κ3) is 4.52. The van der Waals surface area contributed by atoms with Crippen LogP contribution in [-0.2, 0) is 0 Å². The Morgan fingerprint density at radius 2 is 1.70 bits per heavy atom. The Kier molecular flexibility index (Phi) is 6.53. The molecule has 1 aromatic heterocycles. The first-order chi connectivity index (χ1) is 14.6. The van der Waals surface area contributed by atoms with Crippen molar-refractivity contribution in [3.63, 3.8) is 0 Å². The number of aromatic amines is 1. The predicted molar refractivity (Wildman–Crippen MR) is 112 cm³/mol. The number of aromatic nitrogens is 2. The van der Waals surface area contributed by atoms with Gasteiger partial charge in [0, 0.05) is 17.2 Å². The number of carbonyl (C=O) groups is 1. The van der Waals surface area contributed by atoms with Gasteiger partial charge in [0.05, 0.1) is 40.3 Å². The van der Waals surface area contributed by atoms with E-state index >= 15 is 0 Å². The summed E-state index contributed by atoms with van der Waals surface area (Å²) in [6, 6.07) is 12.3. The second-order valence-electron chi connectivity index (χ2n) is 6.04. The first-order valence-electron chi connectivity index (χ1n) is 8.92. The maximum atomic E-state index is 12.4. The van der Waals surface area contributed by atoms with Crippen LogP contribution in [0, 0.1) is 0 Å². The van der Waals surface area contributed by atoms with E-state index < -0.39 is 5.91 Å². The highest BCUT2D eigenvalue weighted by Gasteiger charge is 2.13. The Bertz CT molecular complexity index is 1060. The third-order valence-electron chi connectivity index (χ3n) is 4.31. The summed E-state index contributed by atoms with van der Waals surface area (Å²) in [5, 5.41) is 10.9. The molecule has 0 bridgehead atoms. The van der Waals surface area contributed by atoms with Crippen LogP contribution < -0.4 is 24.4 Å². The molecule has 0 atom stereocenters. The largest absolute Gasteiger partial charge is 0.497 e. The van der Waals surface area contributed by atoms with Gasteiger partial charge in [0.15, 0.2) is 11.5 Å². The van der Waals surface area contributed by atoms with Gasteiger partial charge < -0.3 is 18.9 Å². The van der Waals surface area contributed by atoms with Gasteiger partial charge in [-0.2, -0.15) is 10.2 Å². The SMILES string of the molecule is COc1ccc(/C=N\NC(=O)c2cc(-c3ccc(OC)c(OC)c3)n[nH]2)c(OC)c1. The van der Waals surface area contributed by atoms with Crippen LogP contribution in [0.2, 0.25) is 0 Å². The number of ether oxygens (including phenoxy) is 4. The number of nitrogens with zero attached hydrogens (tertiary/aromatic N) is 2. The molecule has 156 valence electrons. The topological polar surface area (TPSA) is 107 Å². The van der Waals surface area contributed by atoms with Crippen molar-refractivity contribution < 1.29 is 23.7 Å². The van der Waals surface area contributed by atoms with Gasteiger partial charge >= 0.3 is 0 Å². The van der Waals surface area contributed by atoms with E-state index in [1.54, 1.807) is 64.8 Å². The standard InChI is InChI=1S/C21H22N4O5/c1-27-15-7-5-14(19(10-15)29-3)12-22-25-21(26)17-11-16(23-24-17)13-6-8-18(28-2)20(9-13)30-4/h5-12H,1-4H3,(H,23,24)(H,25,26)/b22-12-. The number of H-pyrrole nitrogens is 1. The van der Waals surface area contributed by atoms with Crippen molar-refractivity contribution in [1.82, 2.24) is 15.6 Å². The average molecular weight is 410 g/mol. The first-order valence-corrected chi connectivity index (χ1v) is 8.92. The third-order valence-corrected chi connectivity index (χ3v) is 4.31. The highest BCUT2D eigenvalue weighted by atomic mass is 16.5. The van der Waals surface area contributed by atoms with Crippen LogP contribution in [0.3, 0.4) is 0 Å². The molecule has 2 N–H and O–H groups in total. The number of benzene rings is 2. The number of amides is 1. The molecule has 0 aliphatic carbocycles. The van der Waals surface area contributed by atoms with Crippen LogP contribution >= 0.6 is 0 Å². The van der Waals surface area contributed by atoms with E-state index in [-0.39, 0.29) is 5.69 Å². The zero-order chi connectivity index (χ0) is 21.5. The van der Waals surface area contributed by atoms with Crippen molar-refractivity contribution in [3.05, 3.63) is 53.7 Å². The van der Waals surface area contributed by atoms with Gasteiger partial charge in [0.2, 0.25) is 0 Å². The lowest BCUT2D eigenvalue weighted by Crippen LogP contribution is -2.18. The van der Waals surface area contributed by atoms with Gasteiger partial charge in [0.1, 0.15) is 17.2 Å². The van der Waals surface area contributed by atoms with Crippen molar-refractivity contribution in [2.75, 3.05) is 28.4 Å². The van der Waals surface area contributed by atoms with E-state index in [0.717, 1.165) is 5.56 Å². The van der Waals surface area contributed by atoms with Gasteiger partial charge in [-0.25, -0.2) is 5.43 Å². The van der Waals surface area contributed by atoms with Gasteiger partial charge in [-0.1, -0.05) is 0 Å². The van der Waals surface area contributed by atoms with Crippen LogP contribution in [0.15, 0.2) is 47.6 Å². The molecule has 0 unspecified atom stereocenters. The van der Waals surface area contributed by atoms with Crippen LogP contribution in [0.1, 0.15) is 16.1 Å². The highest BCUT2D eigenvalue weighted by molar-refractivity contribution is 5.94. The zero-order valence-electron chi connectivity index (χ0n) is 17.1. The van der Waals surface area contributed by atoms with E-state index in [1.807, 2.05) is 6.07 Å². The number of methoxy groups -OCH3 is 4. The van der Waals surface area contributed by atoms with Crippen LogP contribution in [0.5, 0.6) is 23.0 Å². The highest BCUT2D eigenvalue weighted by Crippen LogP contribution is 2.31. The molecule has 9 nitrogen and oxygen atoms in total. The molecular formula is C21H22N4O5. The molecule has 0 aliphatic heterocycles. The molecule has 3 aromatic rings. The van der Waals surface area contributed by atoms with Gasteiger partial charge in [-0.05, 0) is 36.4 Å². The smallest absolute Gasteiger partial charge is 0.289 e. The Morgan fingerprint density at radius 1 is 0.933 bits per heavy atom. The number of nitrogens with one attached hydrogen (secondary N) is 2. The molecule has 30 heavy (non-hydrogen) atoms. The second-order valence-corrected chi connectivity index (χ2v) is 6.04. The summed E-state index contributed by atoms with van der Waals surface area (Å²) >= 11 is 0. The molecule has 0 radical (unpaired) electrons. The number of hydrazone groups is 1. The van der Waals surface area contributed by atoms with E-state index in [9.17, 15) is 4.79 Å². The Morgan fingerprint density at radius 3 is 2.40 bits per heavy atom. The monoisotopic (exact) mass is 410 g/mol. The van der Waals surface area contributed by atoms with Crippen LogP contribution in [0.4, 0.5) is 0 Å². The summed E-state index contributed by atoms with van der Waals surface area (Å²) < 4.78 is 21.0. The fourth-order valence-corrected chi connectivity index (χ4v) is 2.73. The molecule has 1 amide bonds. The van der Waals surface area contributed by atoms with Crippen LogP contribution in [0.25, 0.3) is 11.3 Å². The quantitative estimate of drug-likeness (QED) is 0.437. The molecule has 2 aromatic carbocycles. The second kappa shape index (κ2) is 9.46. The summed E-state index contributed by atoms with van der Waals surface area (Å²) in [6.45, 7) is 0. The lowest BCUT2D eigenvalue weighted by Gasteiger charge is -2.08. The predicted octanol–water partition coefficient (Wildman–Crippen LogP) is 2.88. The number of carbonyl (C=O) groups excluding carboxylic acids is 1. The Balaban J connectivity index is 1.71. The molecule has 9 heteroatoms. The maximum absolute atomic E-state index is 12.4. The van der Waals surface area contributed by atoms with E-state index in [2.05, 4.69) is 20.7 Å². The minimum atomic E-state index is -0.432. The van der Waals surface area contributed by atoms with Gasteiger partial charge in [-0.3, -0.25) is 9.89 Å². The summed E-state index contributed by atoms with van der Waals surface area (Å²) in [7, 11) is 6.24. The molecular weight excluding hydrogens is 388 g/mol. The van der Waals surface area contributed by atoms with E-state index in [0.29, 0.717) is 34.3 Å². The molecule has 0 saturated carbocycles. The summed E-state index contributed by atoms with van der Waals surface area (Å²) in [5.74, 6) is 1.98. The lowest BCUT2D eigenvalue weighted by atomic mass is 10.1. The van der Waals surface area contributed by atoms with Crippen LogP contribution in [-0.4, -0.2) is 50.8 Å². The fourth-order valence-electron chi connectivity index (χ4n) is 2.73. The average Bonchev–Trinajstić information content (AvgIpc) is 3.29. The summed E-state index contributed by atoms with van der Waals surface area (Å²) in [6.07, 6.45) is 1.49. The van der Waals surface area contributed by atoms with E-state index in [4.69, 9.17) is 18.9 Å². The summed E-state index contributed by atoms with van der Waals surface area (Å²) in [4.78, 5) is 12.4. The zero-order valence-corrected chi connectivity index (χ0v) is 17.1. The van der Waals surface area contributed by atoms with Crippen molar-refractivity contribution in [3.8, 4) is 34.3 Å². The molecule has 0 saturated heterocycles. The minimum Gasteiger partial charge on any atom is -0.497 e. The summed E-state index contributed by atoms with van der Waals surface area (Å²) in [5.41, 5.74) is 4.77. The van der Waals surface area contributed by atoms with Crippen molar-refractivity contribution >= 4 is 12.1 Å². The molecule has 3 rings (SSSR count). The Labute approximate surface area is 173 Å². The Hall–Kier alpha value is -4.01. The van der Waals surface area contributed by atoms with Gasteiger partial charge in [0.25, 0.3) is 5.91 Å². The fraction of sp³-hybridized carbons (Fsp3) is 0.190. The van der Waals surface area contributed by atoms with Crippen molar-refractivity contribution in [1.29, 1.82) is 0 Å². The van der Waals surface area contributed by atoms with Crippen molar-refractivity contribution in [2.24, 2.45) is 5.10 Å². The number of rotatable bonds is 8. The van der Waals surface area contributed by atoms with Crippen molar-refractivity contribution in [2.45, 2.75) is 0 Å². The molecule has 1 heterocycles. The normalized spacial score (nSPS) is 10.7. The maximum Gasteiger partial charge on any atom is 0.289 e. The van der Waals surface area contributed by atoms with E-state index in [1.165, 1.54) is 6.21 Å². The first kappa shape index (κ1) is 20.7. The lowest BCUT2D eigenvalue weighted by molar-refractivity contribution is 0.0950. The molecule has 0 spiro atoms. The molecule has 0 fully saturated rings. The van der Waals surface area contributed by atoms with Gasteiger partial charge in [-0.15, -0.1) is 0 Å². The number of hydrogen-bond donors (Lipinski definition) is 2. The number of hydrogen-bond acceptors (Lipinski definition) is 7. The molecule has 0 aliphatic rings. The minimum absolute atomic E-state index is 0.263.